The molecule has 0 aliphatic heterocycles. The van der Waals surface area contributed by atoms with E-state index in [1.165, 1.54) is 6.26 Å². The quantitative estimate of drug-likeness (QED) is 0.859. The van der Waals surface area contributed by atoms with Crippen LogP contribution in [0.4, 0.5) is 5.69 Å². The Morgan fingerprint density at radius 2 is 2.00 bits per heavy atom. The van der Waals surface area contributed by atoms with E-state index >= 15 is 0 Å². The lowest BCUT2D eigenvalue weighted by Crippen LogP contribution is -2.40. The summed E-state index contributed by atoms with van der Waals surface area (Å²) >= 11 is 5.11. The second-order valence-electron chi connectivity index (χ2n) is 5.76. The molecule has 0 amide bonds. The molecule has 2 N–H and O–H groups in total. The van der Waals surface area contributed by atoms with Crippen molar-refractivity contribution in [1.82, 2.24) is 0 Å². The highest BCUT2D eigenvalue weighted by atomic mass is 32.2. The van der Waals surface area contributed by atoms with Crippen LogP contribution in [0.2, 0.25) is 0 Å². The van der Waals surface area contributed by atoms with Gasteiger partial charge in [0.2, 0.25) is 0 Å². The molecule has 21 heavy (non-hydrogen) atoms. The van der Waals surface area contributed by atoms with Crippen LogP contribution in [-0.4, -0.2) is 38.0 Å². The van der Waals surface area contributed by atoms with Gasteiger partial charge in [0.25, 0.3) is 0 Å². The molecule has 6 heteroatoms. The fraction of sp³-hybridized carbons (Fsp3) is 0.533. The van der Waals surface area contributed by atoms with E-state index < -0.39 is 9.84 Å². The molecule has 1 saturated carbocycles. The van der Waals surface area contributed by atoms with Gasteiger partial charge in [0.15, 0.2) is 0 Å². The third-order valence-electron chi connectivity index (χ3n) is 4.30. The lowest BCUT2D eigenvalue weighted by molar-refractivity contribution is 0.422. The van der Waals surface area contributed by atoms with Crippen LogP contribution in [0, 0.1) is 0 Å². The van der Waals surface area contributed by atoms with E-state index in [-0.39, 0.29) is 11.3 Å². The Hall–Kier alpha value is -1.14. The normalized spacial score (nSPS) is 22.8. The van der Waals surface area contributed by atoms with E-state index in [9.17, 15) is 8.42 Å². The van der Waals surface area contributed by atoms with E-state index in [0.29, 0.717) is 11.4 Å². The number of para-hydroxylation sites is 1. The number of benzene rings is 1. The van der Waals surface area contributed by atoms with Crippen molar-refractivity contribution in [3.63, 3.8) is 0 Å². The van der Waals surface area contributed by atoms with E-state index in [1.807, 2.05) is 31.3 Å². The topological polar surface area (TPSA) is 63.4 Å². The highest BCUT2D eigenvalue weighted by Crippen LogP contribution is 2.31. The Balaban J connectivity index is 2.24. The summed E-state index contributed by atoms with van der Waals surface area (Å²) in [5.41, 5.74) is 7.61. The zero-order chi connectivity index (χ0) is 15.6. The van der Waals surface area contributed by atoms with Gasteiger partial charge in [0.1, 0.15) is 14.8 Å². The van der Waals surface area contributed by atoms with Crippen molar-refractivity contribution >= 4 is 32.7 Å². The van der Waals surface area contributed by atoms with Crippen molar-refractivity contribution in [2.75, 3.05) is 18.2 Å². The molecular weight excluding hydrogens is 304 g/mol. The van der Waals surface area contributed by atoms with Gasteiger partial charge in [-0.15, -0.1) is 0 Å². The van der Waals surface area contributed by atoms with E-state index in [2.05, 4.69) is 4.90 Å². The minimum absolute atomic E-state index is 0.203. The predicted molar refractivity (Wildman–Crippen MR) is 91.6 cm³/mol. The predicted octanol–water partition coefficient (Wildman–Crippen LogP) is 2.11. The molecule has 2 atom stereocenters. The molecule has 1 aromatic carbocycles. The minimum atomic E-state index is -2.98. The second kappa shape index (κ2) is 6.32. The van der Waals surface area contributed by atoms with Crippen molar-refractivity contribution in [3.8, 4) is 0 Å². The van der Waals surface area contributed by atoms with Gasteiger partial charge < -0.3 is 10.6 Å². The summed E-state index contributed by atoms with van der Waals surface area (Å²) in [6.45, 7) is 0. The van der Waals surface area contributed by atoms with Crippen LogP contribution in [0.25, 0.3) is 0 Å². The molecule has 0 aromatic heterocycles. The molecule has 0 spiro atoms. The summed E-state index contributed by atoms with van der Waals surface area (Å²) in [4.78, 5) is 2.50. The number of nitrogens with two attached hydrogens (primary N) is 1. The van der Waals surface area contributed by atoms with Crippen LogP contribution in [-0.2, 0) is 9.84 Å². The lowest BCUT2D eigenvalue weighted by atomic mass is 9.93. The summed E-state index contributed by atoms with van der Waals surface area (Å²) in [7, 11) is -0.986. The number of sulfone groups is 1. The Morgan fingerprint density at radius 3 is 2.62 bits per heavy atom. The van der Waals surface area contributed by atoms with Gasteiger partial charge >= 0.3 is 0 Å². The van der Waals surface area contributed by atoms with Crippen molar-refractivity contribution in [3.05, 3.63) is 29.8 Å². The maximum Gasteiger partial charge on any atom is 0.150 e. The molecule has 2 rings (SSSR count). The van der Waals surface area contributed by atoms with Gasteiger partial charge in [-0.25, -0.2) is 8.42 Å². The Kier molecular flexibility index (Phi) is 4.88. The van der Waals surface area contributed by atoms with Crippen molar-refractivity contribution in [2.24, 2.45) is 5.73 Å². The molecular formula is C15H22N2O2S2. The van der Waals surface area contributed by atoms with E-state index in [1.54, 1.807) is 0 Å². The van der Waals surface area contributed by atoms with Crippen LogP contribution < -0.4 is 10.6 Å². The maximum atomic E-state index is 11.8. The van der Waals surface area contributed by atoms with Gasteiger partial charge in [-0.2, -0.15) is 0 Å². The molecule has 1 aliphatic carbocycles. The number of thiocarbonyl (C=S) groups is 1. The molecule has 0 bridgehead atoms. The number of rotatable bonds is 4. The lowest BCUT2D eigenvalue weighted by Gasteiger charge is -2.36. The molecule has 116 valence electrons. The number of anilines is 1. The number of hydrogen-bond donors (Lipinski definition) is 1. The molecule has 0 heterocycles. The SMILES string of the molecule is CN(c1ccccc1C(N)=S)C1CCCC(S(C)(=O)=O)C1. The Bertz CT molecular complexity index is 628. The summed E-state index contributed by atoms with van der Waals surface area (Å²) in [6.07, 6.45) is 4.69. The molecule has 2 unspecified atom stereocenters. The molecule has 0 radical (unpaired) electrons. The summed E-state index contributed by atoms with van der Waals surface area (Å²) in [6, 6.07) is 7.95. The number of nitrogens with zero attached hydrogens (tertiary/aromatic N) is 1. The molecule has 1 fully saturated rings. The first kappa shape index (κ1) is 16.2. The minimum Gasteiger partial charge on any atom is -0.389 e. The molecule has 4 nitrogen and oxygen atoms in total. The summed E-state index contributed by atoms with van der Waals surface area (Å²) in [5, 5.41) is -0.240. The molecule has 0 saturated heterocycles. The van der Waals surface area contributed by atoms with Crippen molar-refractivity contribution in [1.29, 1.82) is 0 Å². The van der Waals surface area contributed by atoms with E-state index in [4.69, 9.17) is 18.0 Å². The average molecular weight is 326 g/mol. The second-order valence-corrected chi connectivity index (χ2v) is 8.53. The van der Waals surface area contributed by atoms with Gasteiger partial charge in [-0.1, -0.05) is 30.8 Å². The van der Waals surface area contributed by atoms with Gasteiger partial charge in [-0.05, 0) is 31.4 Å². The Labute approximate surface area is 132 Å². The standard InChI is InChI=1S/C15H22N2O2S2/c1-17(14-9-4-3-8-13(14)15(16)20)11-6-5-7-12(10-11)21(2,18)19/h3-4,8-9,11-12H,5-7,10H2,1-2H3,(H2,16,20). The third-order valence-corrected chi connectivity index (χ3v) is 6.16. The smallest absolute Gasteiger partial charge is 0.150 e. The van der Waals surface area contributed by atoms with E-state index in [0.717, 1.165) is 30.5 Å². The van der Waals surface area contributed by atoms with Crippen LogP contribution in [0.5, 0.6) is 0 Å². The Morgan fingerprint density at radius 1 is 1.33 bits per heavy atom. The van der Waals surface area contributed by atoms with Crippen molar-refractivity contribution < 1.29 is 8.42 Å². The zero-order valence-corrected chi connectivity index (χ0v) is 14.1. The van der Waals surface area contributed by atoms with Crippen molar-refractivity contribution in [2.45, 2.75) is 37.0 Å². The summed E-state index contributed by atoms with van der Waals surface area (Å²) < 4.78 is 23.6. The average Bonchev–Trinajstić information content (AvgIpc) is 2.45. The highest BCUT2D eigenvalue weighted by molar-refractivity contribution is 7.91. The highest BCUT2D eigenvalue weighted by Gasteiger charge is 2.31. The van der Waals surface area contributed by atoms with Crippen LogP contribution in [0.1, 0.15) is 31.2 Å². The first-order chi connectivity index (χ1) is 9.80. The third kappa shape index (κ3) is 3.74. The monoisotopic (exact) mass is 326 g/mol. The van der Waals surface area contributed by atoms with Gasteiger partial charge in [0, 0.05) is 30.6 Å². The van der Waals surface area contributed by atoms with Crippen LogP contribution in [0.3, 0.4) is 0 Å². The zero-order valence-electron chi connectivity index (χ0n) is 12.5. The first-order valence-electron chi connectivity index (χ1n) is 7.11. The largest absolute Gasteiger partial charge is 0.389 e. The van der Waals surface area contributed by atoms with Crippen LogP contribution in [0.15, 0.2) is 24.3 Å². The first-order valence-corrected chi connectivity index (χ1v) is 9.47. The number of hydrogen-bond acceptors (Lipinski definition) is 4. The molecule has 1 aliphatic rings. The maximum absolute atomic E-state index is 11.8. The summed E-state index contributed by atoms with van der Waals surface area (Å²) in [5.74, 6) is 0. The van der Waals surface area contributed by atoms with Gasteiger partial charge in [0.05, 0.1) is 5.25 Å². The fourth-order valence-corrected chi connectivity index (χ4v) is 4.39. The fourth-order valence-electron chi connectivity index (χ4n) is 3.05. The van der Waals surface area contributed by atoms with Gasteiger partial charge in [-0.3, -0.25) is 0 Å². The van der Waals surface area contributed by atoms with Crippen LogP contribution >= 0.6 is 12.2 Å². The molecule has 1 aromatic rings.